The highest BCUT2D eigenvalue weighted by molar-refractivity contribution is 5.94. The molecule has 110 valence electrons. The van der Waals surface area contributed by atoms with Gasteiger partial charge in [0.05, 0.1) is 24.5 Å². The number of pyridine rings is 1. The van der Waals surface area contributed by atoms with Gasteiger partial charge >= 0.3 is 0 Å². The van der Waals surface area contributed by atoms with Gasteiger partial charge in [0.15, 0.2) is 0 Å². The number of hydrogen-bond acceptors (Lipinski definition) is 5. The number of nitrogens with two attached hydrogens (primary N) is 1. The fourth-order valence-corrected chi connectivity index (χ4v) is 2.24. The number of nitrogens with zero attached hydrogens (tertiary/aromatic N) is 2. The maximum Gasteiger partial charge on any atom is 0.252 e. The molecule has 0 spiro atoms. The number of carbonyl (C=O) groups is 1. The van der Waals surface area contributed by atoms with Crippen molar-refractivity contribution in [2.24, 2.45) is 5.92 Å². The fraction of sp³-hybridized carbons (Fsp3) is 0.571. The van der Waals surface area contributed by atoms with Gasteiger partial charge in [-0.1, -0.05) is 6.92 Å². The van der Waals surface area contributed by atoms with Gasteiger partial charge in [0.1, 0.15) is 0 Å². The van der Waals surface area contributed by atoms with Crippen molar-refractivity contribution in [2.45, 2.75) is 6.92 Å². The van der Waals surface area contributed by atoms with Crippen molar-refractivity contribution in [3.63, 3.8) is 0 Å². The molecule has 3 N–H and O–H groups in total. The highest BCUT2D eigenvalue weighted by Crippen LogP contribution is 2.05. The first-order valence-corrected chi connectivity index (χ1v) is 6.94. The molecular formula is C14H22N4O2. The zero-order chi connectivity index (χ0) is 14.4. The third-order valence-electron chi connectivity index (χ3n) is 3.31. The maximum absolute atomic E-state index is 12.0. The van der Waals surface area contributed by atoms with E-state index >= 15 is 0 Å². The number of ether oxygens (including phenoxy) is 1. The van der Waals surface area contributed by atoms with Crippen molar-refractivity contribution in [3.05, 3.63) is 24.0 Å². The number of nitrogens with one attached hydrogen (secondary N) is 1. The summed E-state index contributed by atoms with van der Waals surface area (Å²) in [7, 11) is 0. The molecular weight excluding hydrogens is 256 g/mol. The number of amides is 1. The zero-order valence-electron chi connectivity index (χ0n) is 11.8. The molecule has 1 amide bonds. The largest absolute Gasteiger partial charge is 0.397 e. The van der Waals surface area contributed by atoms with E-state index in [1.807, 2.05) is 0 Å². The van der Waals surface area contributed by atoms with E-state index < -0.39 is 0 Å². The minimum Gasteiger partial charge on any atom is -0.397 e. The van der Waals surface area contributed by atoms with Crippen LogP contribution in [0.15, 0.2) is 18.5 Å². The van der Waals surface area contributed by atoms with Crippen LogP contribution < -0.4 is 11.1 Å². The number of hydrogen-bond donors (Lipinski definition) is 2. The second kappa shape index (κ2) is 7.21. The van der Waals surface area contributed by atoms with E-state index in [-0.39, 0.29) is 5.91 Å². The molecule has 2 heterocycles. The molecule has 1 unspecified atom stereocenters. The van der Waals surface area contributed by atoms with Gasteiger partial charge in [0.2, 0.25) is 0 Å². The van der Waals surface area contributed by atoms with Crippen LogP contribution in [0.2, 0.25) is 0 Å². The van der Waals surface area contributed by atoms with Crippen molar-refractivity contribution in [2.75, 3.05) is 45.1 Å². The lowest BCUT2D eigenvalue weighted by Gasteiger charge is -2.29. The highest BCUT2D eigenvalue weighted by atomic mass is 16.5. The Morgan fingerprint density at radius 3 is 2.95 bits per heavy atom. The smallest absolute Gasteiger partial charge is 0.252 e. The van der Waals surface area contributed by atoms with Gasteiger partial charge in [-0.05, 0) is 12.0 Å². The molecule has 0 saturated carbocycles. The first-order valence-electron chi connectivity index (χ1n) is 6.94. The molecule has 6 heteroatoms. The van der Waals surface area contributed by atoms with Crippen molar-refractivity contribution >= 4 is 11.6 Å². The lowest BCUT2D eigenvalue weighted by atomic mass is 10.1. The Balaban J connectivity index is 1.75. The number of rotatable bonds is 5. The van der Waals surface area contributed by atoms with Crippen LogP contribution >= 0.6 is 0 Å². The first-order chi connectivity index (χ1) is 9.65. The number of anilines is 1. The number of aromatic nitrogens is 1. The van der Waals surface area contributed by atoms with Gasteiger partial charge in [-0.15, -0.1) is 0 Å². The predicted octanol–water partition coefficient (Wildman–Crippen LogP) is 0.362. The van der Waals surface area contributed by atoms with Gasteiger partial charge in [0.25, 0.3) is 5.91 Å². The van der Waals surface area contributed by atoms with Gasteiger partial charge in [0, 0.05) is 38.6 Å². The molecule has 0 radical (unpaired) electrons. The minimum absolute atomic E-state index is 0.126. The van der Waals surface area contributed by atoms with Crippen LogP contribution in [-0.2, 0) is 4.74 Å². The van der Waals surface area contributed by atoms with Crippen LogP contribution in [0.25, 0.3) is 0 Å². The van der Waals surface area contributed by atoms with Crippen molar-refractivity contribution in [1.82, 2.24) is 15.2 Å². The van der Waals surface area contributed by atoms with E-state index in [2.05, 4.69) is 22.1 Å². The lowest BCUT2D eigenvalue weighted by Crippen LogP contribution is -2.41. The summed E-state index contributed by atoms with van der Waals surface area (Å²) < 4.78 is 5.32. The average molecular weight is 278 g/mol. The molecule has 1 aromatic heterocycles. The van der Waals surface area contributed by atoms with Crippen molar-refractivity contribution < 1.29 is 9.53 Å². The Morgan fingerprint density at radius 1 is 1.50 bits per heavy atom. The van der Waals surface area contributed by atoms with Crippen LogP contribution in [0.3, 0.4) is 0 Å². The van der Waals surface area contributed by atoms with Crippen LogP contribution in [0.4, 0.5) is 5.69 Å². The monoisotopic (exact) mass is 278 g/mol. The molecule has 0 aliphatic carbocycles. The molecule has 0 aromatic carbocycles. The van der Waals surface area contributed by atoms with E-state index in [1.165, 1.54) is 12.4 Å². The molecule has 1 aromatic rings. The fourth-order valence-electron chi connectivity index (χ4n) is 2.24. The van der Waals surface area contributed by atoms with Gasteiger partial charge < -0.3 is 15.8 Å². The molecule has 20 heavy (non-hydrogen) atoms. The third-order valence-corrected chi connectivity index (χ3v) is 3.31. The summed E-state index contributed by atoms with van der Waals surface area (Å²) in [5.74, 6) is 0.268. The Kier molecular flexibility index (Phi) is 5.31. The van der Waals surface area contributed by atoms with E-state index in [4.69, 9.17) is 10.5 Å². The molecule has 1 fully saturated rings. The molecule has 1 aliphatic heterocycles. The Labute approximate surface area is 119 Å². The molecule has 6 nitrogen and oxygen atoms in total. The Hall–Kier alpha value is -1.66. The Morgan fingerprint density at radius 2 is 2.25 bits per heavy atom. The molecule has 0 bridgehead atoms. The number of carbonyl (C=O) groups excluding carboxylic acids is 1. The van der Waals surface area contributed by atoms with Crippen molar-refractivity contribution in [1.29, 1.82) is 0 Å². The summed E-state index contributed by atoms with van der Waals surface area (Å²) in [5.41, 5.74) is 6.62. The normalized spacial score (nSPS) is 17.6. The summed E-state index contributed by atoms with van der Waals surface area (Å²) in [6, 6.07) is 1.63. The van der Waals surface area contributed by atoms with Gasteiger partial charge in [-0.25, -0.2) is 0 Å². The SMILES string of the molecule is CC(CNC(=O)c1cncc(N)c1)CN1CCOCC1. The highest BCUT2D eigenvalue weighted by Gasteiger charge is 2.14. The van der Waals surface area contributed by atoms with Crippen molar-refractivity contribution in [3.8, 4) is 0 Å². The number of nitrogen functional groups attached to an aromatic ring is 1. The summed E-state index contributed by atoms with van der Waals surface area (Å²) in [6.45, 7) is 7.29. The first kappa shape index (κ1) is 14.7. The van der Waals surface area contributed by atoms with E-state index in [9.17, 15) is 4.79 Å². The van der Waals surface area contributed by atoms with E-state index in [0.717, 1.165) is 32.8 Å². The summed E-state index contributed by atoms with van der Waals surface area (Å²) in [5, 5.41) is 2.92. The quantitative estimate of drug-likeness (QED) is 0.813. The predicted molar refractivity (Wildman–Crippen MR) is 77.4 cm³/mol. The Bertz CT molecular complexity index is 447. The van der Waals surface area contributed by atoms with Crippen LogP contribution in [0.1, 0.15) is 17.3 Å². The van der Waals surface area contributed by atoms with Gasteiger partial charge in [-0.2, -0.15) is 0 Å². The van der Waals surface area contributed by atoms with E-state index in [1.54, 1.807) is 6.07 Å². The lowest BCUT2D eigenvalue weighted by molar-refractivity contribution is 0.0317. The second-order valence-electron chi connectivity index (χ2n) is 5.24. The number of morpholine rings is 1. The molecule has 1 aliphatic rings. The summed E-state index contributed by atoms with van der Waals surface area (Å²) in [4.78, 5) is 18.2. The zero-order valence-corrected chi connectivity index (χ0v) is 11.8. The summed E-state index contributed by atoms with van der Waals surface area (Å²) in [6.07, 6.45) is 3.05. The van der Waals surface area contributed by atoms with Crippen LogP contribution in [0, 0.1) is 5.92 Å². The molecule has 2 rings (SSSR count). The minimum atomic E-state index is -0.126. The van der Waals surface area contributed by atoms with Crippen LogP contribution in [-0.4, -0.2) is 55.2 Å². The maximum atomic E-state index is 12.0. The standard InChI is InChI=1S/C14H22N4O2/c1-11(10-18-2-4-20-5-3-18)7-17-14(19)12-6-13(15)9-16-8-12/h6,8-9,11H,2-5,7,10,15H2,1H3,(H,17,19). The molecule has 1 saturated heterocycles. The average Bonchev–Trinajstić information content (AvgIpc) is 2.46. The summed E-state index contributed by atoms with van der Waals surface area (Å²) >= 11 is 0. The topological polar surface area (TPSA) is 80.5 Å². The third kappa shape index (κ3) is 4.47. The molecule has 1 atom stereocenters. The van der Waals surface area contributed by atoms with Gasteiger partial charge in [-0.3, -0.25) is 14.7 Å². The second-order valence-corrected chi connectivity index (χ2v) is 5.24. The van der Waals surface area contributed by atoms with E-state index in [0.29, 0.717) is 23.7 Å². The van der Waals surface area contributed by atoms with Crippen LogP contribution in [0.5, 0.6) is 0 Å².